The van der Waals surface area contributed by atoms with E-state index in [1.165, 1.54) is 6.07 Å². The quantitative estimate of drug-likeness (QED) is 0.742. The summed E-state index contributed by atoms with van der Waals surface area (Å²) in [5, 5.41) is 3.77. The van der Waals surface area contributed by atoms with Gasteiger partial charge in [-0.1, -0.05) is 30.3 Å². The van der Waals surface area contributed by atoms with Gasteiger partial charge in [-0.15, -0.1) is 0 Å². The molecule has 0 radical (unpaired) electrons. The van der Waals surface area contributed by atoms with Crippen molar-refractivity contribution in [2.75, 3.05) is 5.32 Å². The average Bonchev–Trinajstić information content (AvgIpc) is 2.92. The molecule has 0 unspecified atom stereocenters. The minimum atomic E-state index is -2.96. The number of rotatable bonds is 4. The maximum Gasteiger partial charge on any atom is 0.284 e. The number of aromatic nitrogens is 3. The lowest BCUT2D eigenvalue weighted by Crippen LogP contribution is -2.12. The number of nitrogens with one attached hydrogen (secondary N) is 2. The molecule has 0 aliphatic carbocycles. The van der Waals surface area contributed by atoms with Gasteiger partial charge < -0.3 is 10.3 Å². The highest BCUT2D eigenvalue weighted by atomic mass is 19.3. The van der Waals surface area contributed by atoms with Gasteiger partial charge in [0.25, 0.3) is 5.92 Å². The molecule has 3 aromatic rings. The van der Waals surface area contributed by atoms with Crippen LogP contribution < -0.4 is 5.32 Å². The minimum absolute atomic E-state index is 0.122. The van der Waals surface area contributed by atoms with Crippen LogP contribution in [0.2, 0.25) is 0 Å². The zero-order valence-electron chi connectivity index (χ0n) is 13.2. The molecule has 1 aromatic carbocycles. The molecule has 0 spiro atoms. The van der Waals surface area contributed by atoms with Crippen molar-refractivity contribution in [1.29, 1.82) is 0 Å². The lowest BCUT2D eigenvalue weighted by molar-refractivity contribution is 0.0135. The van der Waals surface area contributed by atoms with Gasteiger partial charge in [-0.05, 0) is 19.9 Å². The van der Waals surface area contributed by atoms with Crippen LogP contribution in [0.15, 0.2) is 36.4 Å². The SMILES string of the molecule is CC(C)Nc1nc(-c2ccccc2)nc2[nH]c(C(C)(F)F)cc12. The van der Waals surface area contributed by atoms with Gasteiger partial charge in [-0.3, -0.25) is 0 Å². The Morgan fingerprint density at radius 1 is 1.13 bits per heavy atom. The molecule has 0 bridgehead atoms. The highest BCUT2D eigenvalue weighted by Gasteiger charge is 2.28. The lowest BCUT2D eigenvalue weighted by Gasteiger charge is -2.11. The zero-order chi connectivity index (χ0) is 16.6. The summed E-state index contributed by atoms with van der Waals surface area (Å²) in [5.41, 5.74) is 1.07. The Labute approximate surface area is 133 Å². The van der Waals surface area contributed by atoms with Crippen molar-refractivity contribution in [3.8, 4) is 11.4 Å². The third-order valence-electron chi connectivity index (χ3n) is 3.42. The van der Waals surface area contributed by atoms with E-state index in [0.29, 0.717) is 22.7 Å². The molecule has 0 aliphatic rings. The summed E-state index contributed by atoms with van der Waals surface area (Å²) in [6.45, 7) is 4.80. The number of nitrogens with zero attached hydrogens (tertiary/aromatic N) is 2. The molecule has 0 amide bonds. The molecule has 2 N–H and O–H groups in total. The van der Waals surface area contributed by atoms with E-state index in [-0.39, 0.29) is 11.7 Å². The van der Waals surface area contributed by atoms with Crippen molar-refractivity contribution in [3.63, 3.8) is 0 Å². The molecule has 0 fully saturated rings. The number of aromatic amines is 1. The molecule has 120 valence electrons. The molecule has 3 rings (SSSR count). The van der Waals surface area contributed by atoms with Crippen molar-refractivity contribution in [1.82, 2.24) is 15.0 Å². The van der Waals surface area contributed by atoms with Crippen LogP contribution in [0.1, 0.15) is 26.5 Å². The Bertz CT molecular complexity index is 820. The van der Waals surface area contributed by atoms with Gasteiger partial charge in [0.05, 0.1) is 11.1 Å². The summed E-state index contributed by atoms with van der Waals surface area (Å²) in [7, 11) is 0. The van der Waals surface area contributed by atoms with Crippen LogP contribution in [0.25, 0.3) is 22.4 Å². The smallest absolute Gasteiger partial charge is 0.284 e. The molecular weight excluding hydrogens is 298 g/mol. The topological polar surface area (TPSA) is 53.6 Å². The molecule has 0 saturated carbocycles. The van der Waals surface area contributed by atoms with Gasteiger partial charge in [0, 0.05) is 18.5 Å². The fourth-order valence-electron chi connectivity index (χ4n) is 2.35. The predicted octanol–water partition coefficient (Wildman–Crippen LogP) is 4.56. The highest BCUT2D eigenvalue weighted by Crippen LogP contribution is 2.32. The van der Waals surface area contributed by atoms with E-state index in [1.807, 2.05) is 44.2 Å². The maximum atomic E-state index is 13.6. The van der Waals surface area contributed by atoms with Gasteiger partial charge in [-0.2, -0.15) is 0 Å². The molecule has 6 heteroatoms. The van der Waals surface area contributed by atoms with Gasteiger partial charge >= 0.3 is 0 Å². The lowest BCUT2D eigenvalue weighted by atomic mass is 10.2. The van der Waals surface area contributed by atoms with Crippen molar-refractivity contribution in [3.05, 3.63) is 42.1 Å². The summed E-state index contributed by atoms with van der Waals surface area (Å²) in [5.74, 6) is -1.91. The third kappa shape index (κ3) is 3.16. The fourth-order valence-corrected chi connectivity index (χ4v) is 2.35. The Morgan fingerprint density at radius 3 is 2.43 bits per heavy atom. The number of fused-ring (bicyclic) bond motifs is 1. The maximum absolute atomic E-state index is 13.6. The van der Waals surface area contributed by atoms with Crippen LogP contribution in [-0.4, -0.2) is 21.0 Å². The van der Waals surface area contributed by atoms with Gasteiger partial charge in [0.2, 0.25) is 0 Å². The first-order valence-electron chi connectivity index (χ1n) is 7.45. The van der Waals surface area contributed by atoms with E-state index in [0.717, 1.165) is 12.5 Å². The van der Waals surface area contributed by atoms with Crippen LogP contribution in [0.5, 0.6) is 0 Å². The fraction of sp³-hybridized carbons (Fsp3) is 0.294. The molecule has 4 nitrogen and oxygen atoms in total. The normalized spacial score (nSPS) is 12.1. The van der Waals surface area contributed by atoms with Crippen molar-refractivity contribution >= 4 is 16.9 Å². The zero-order valence-corrected chi connectivity index (χ0v) is 13.2. The first-order valence-corrected chi connectivity index (χ1v) is 7.45. The second-order valence-corrected chi connectivity index (χ2v) is 5.89. The summed E-state index contributed by atoms with van der Waals surface area (Å²) in [6, 6.07) is 11.0. The number of hydrogen-bond acceptors (Lipinski definition) is 3. The average molecular weight is 316 g/mol. The predicted molar refractivity (Wildman–Crippen MR) is 87.7 cm³/mol. The largest absolute Gasteiger partial charge is 0.367 e. The van der Waals surface area contributed by atoms with Crippen LogP contribution in [0.4, 0.5) is 14.6 Å². The van der Waals surface area contributed by atoms with Crippen LogP contribution >= 0.6 is 0 Å². The Hall–Kier alpha value is -2.50. The van der Waals surface area contributed by atoms with Crippen LogP contribution in [0.3, 0.4) is 0 Å². The number of hydrogen-bond donors (Lipinski definition) is 2. The monoisotopic (exact) mass is 316 g/mol. The molecule has 0 atom stereocenters. The Balaban J connectivity index is 2.21. The second kappa shape index (κ2) is 5.61. The van der Waals surface area contributed by atoms with Gasteiger partial charge in [0.1, 0.15) is 11.5 Å². The third-order valence-corrected chi connectivity index (χ3v) is 3.42. The van der Waals surface area contributed by atoms with Crippen LogP contribution in [0, 0.1) is 0 Å². The van der Waals surface area contributed by atoms with Gasteiger partial charge in [-0.25, -0.2) is 18.7 Å². The molecule has 0 saturated heterocycles. The second-order valence-electron chi connectivity index (χ2n) is 5.89. The Kier molecular flexibility index (Phi) is 3.75. The van der Waals surface area contributed by atoms with E-state index in [1.54, 1.807) is 0 Å². The minimum Gasteiger partial charge on any atom is -0.367 e. The summed E-state index contributed by atoms with van der Waals surface area (Å²) < 4.78 is 27.2. The molecule has 2 heterocycles. The van der Waals surface area contributed by atoms with E-state index in [9.17, 15) is 8.78 Å². The van der Waals surface area contributed by atoms with E-state index >= 15 is 0 Å². The standard InChI is InChI=1S/C17H18F2N4/c1-10(2)20-15-12-9-13(17(3,18)19)21-16(12)23-14(22-15)11-7-5-4-6-8-11/h4-10H,1-3H3,(H2,20,21,22,23). The summed E-state index contributed by atoms with van der Waals surface area (Å²) in [6.07, 6.45) is 0. The number of H-pyrrole nitrogens is 1. The number of benzene rings is 1. The molecule has 2 aromatic heterocycles. The first-order chi connectivity index (χ1) is 10.8. The number of alkyl halides is 2. The van der Waals surface area contributed by atoms with E-state index in [2.05, 4.69) is 20.3 Å². The summed E-state index contributed by atoms with van der Waals surface area (Å²) in [4.78, 5) is 11.6. The van der Waals surface area contributed by atoms with Crippen molar-refractivity contribution in [2.24, 2.45) is 0 Å². The first kappa shape index (κ1) is 15.4. The van der Waals surface area contributed by atoms with Crippen LogP contribution in [-0.2, 0) is 5.92 Å². The summed E-state index contributed by atoms with van der Waals surface area (Å²) >= 11 is 0. The van der Waals surface area contributed by atoms with E-state index < -0.39 is 5.92 Å². The molecular formula is C17H18F2N4. The molecule has 23 heavy (non-hydrogen) atoms. The molecule has 0 aliphatic heterocycles. The number of halogens is 2. The van der Waals surface area contributed by atoms with Crippen molar-refractivity contribution < 1.29 is 8.78 Å². The number of anilines is 1. The van der Waals surface area contributed by atoms with E-state index in [4.69, 9.17) is 0 Å². The van der Waals surface area contributed by atoms with Gasteiger partial charge in [0.15, 0.2) is 5.82 Å². The Morgan fingerprint density at radius 2 is 1.83 bits per heavy atom. The highest BCUT2D eigenvalue weighted by molar-refractivity contribution is 5.89. The van der Waals surface area contributed by atoms with Crippen molar-refractivity contribution in [2.45, 2.75) is 32.7 Å².